The number of ether oxygens (including phenoxy) is 1. The predicted molar refractivity (Wildman–Crippen MR) is 52.7 cm³/mol. The molecule has 1 aromatic carbocycles. The predicted octanol–water partition coefficient (Wildman–Crippen LogP) is 3.06. The normalized spacial score (nSPS) is 15.7. The molecule has 0 saturated heterocycles. The van der Waals surface area contributed by atoms with Crippen molar-refractivity contribution >= 4 is 0 Å². The van der Waals surface area contributed by atoms with Gasteiger partial charge in [0.25, 0.3) is 0 Å². The van der Waals surface area contributed by atoms with Gasteiger partial charge >= 0.3 is 0 Å². The van der Waals surface area contributed by atoms with Gasteiger partial charge in [-0.2, -0.15) is 0 Å². The van der Waals surface area contributed by atoms with Crippen molar-refractivity contribution < 1.29 is 4.74 Å². The molecule has 0 unspecified atom stereocenters. The molecular weight excluding hydrogens is 160 g/mol. The van der Waals surface area contributed by atoms with E-state index < -0.39 is 0 Å². The van der Waals surface area contributed by atoms with E-state index in [0.29, 0.717) is 0 Å². The molecule has 0 N–H and O–H groups in total. The molecule has 1 aliphatic carbocycles. The number of hydrogen-bond acceptors (Lipinski definition) is 1. The molecule has 1 nitrogen and oxygen atoms in total. The molecular formula is C12H15O. The minimum Gasteiger partial charge on any atom is -0.494 e. The van der Waals surface area contributed by atoms with E-state index in [2.05, 4.69) is 6.07 Å². The highest BCUT2D eigenvalue weighted by Gasteiger charge is 2.19. The molecule has 0 spiro atoms. The molecule has 1 aromatic rings. The third-order valence-electron chi connectivity index (χ3n) is 2.41. The van der Waals surface area contributed by atoms with Crippen LogP contribution >= 0.6 is 0 Å². The number of rotatable bonds is 5. The molecule has 1 saturated carbocycles. The van der Waals surface area contributed by atoms with Gasteiger partial charge < -0.3 is 4.74 Å². The summed E-state index contributed by atoms with van der Waals surface area (Å²) in [6, 6.07) is 10.7. The van der Waals surface area contributed by atoms with Crippen molar-refractivity contribution in [1.29, 1.82) is 0 Å². The lowest BCUT2D eigenvalue weighted by molar-refractivity contribution is 0.303. The van der Waals surface area contributed by atoms with Gasteiger partial charge in [-0.15, -0.1) is 0 Å². The number of benzene rings is 1. The lowest BCUT2D eigenvalue weighted by Gasteiger charge is -2.04. The van der Waals surface area contributed by atoms with Crippen LogP contribution in [0.1, 0.15) is 25.7 Å². The summed E-state index contributed by atoms with van der Waals surface area (Å²) in [6.45, 7) is 0.862. The Morgan fingerprint density at radius 3 is 2.77 bits per heavy atom. The zero-order valence-corrected chi connectivity index (χ0v) is 7.83. The minimum atomic E-state index is 0.862. The summed E-state index contributed by atoms with van der Waals surface area (Å²) in [7, 11) is 0. The second-order valence-electron chi connectivity index (χ2n) is 3.67. The zero-order valence-electron chi connectivity index (χ0n) is 7.83. The summed E-state index contributed by atoms with van der Waals surface area (Å²) in [6.07, 6.45) is 5.43. The van der Waals surface area contributed by atoms with Gasteiger partial charge in [0, 0.05) is 0 Å². The summed E-state index contributed by atoms with van der Waals surface area (Å²) < 4.78 is 5.56. The van der Waals surface area contributed by atoms with Crippen molar-refractivity contribution in [1.82, 2.24) is 0 Å². The lowest BCUT2D eigenvalue weighted by Crippen LogP contribution is -1.97. The Hall–Kier alpha value is -0.980. The van der Waals surface area contributed by atoms with Crippen LogP contribution in [-0.4, -0.2) is 6.61 Å². The highest BCUT2D eigenvalue weighted by molar-refractivity contribution is 5.20. The van der Waals surface area contributed by atoms with Crippen LogP contribution in [0.25, 0.3) is 0 Å². The van der Waals surface area contributed by atoms with Crippen LogP contribution in [0.5, 0.6) is 5.75 Å². The third-order valence-corrected chi connectivity index (χ3v) is 2.41. The molecule has 1 heteroatoms. The smallest absolute Gasteiger partial charge is 0.119 e. The summed E-state index contributed by atoms with van der Waals surface area (Å²) in [4.78, 5) is 0. The molecule has 0 bridgehead atoms. The van der Waals surface area contributed by atoms with Crippen LogP contribution in [-0.2, 0) is 0 Å². The maximum atomic E-state index is 5.56. The Kier molecular flexibility index (Phi) is 2.86. The first kappa shape index (κ1) is 8.61. The fourth-order valence-electron chi connectivity index (χ4n) is 1.44. The fourth-order valence-corrected chi connectivity index (χ4v) is 1.44. The van der Waals surface area contributed by atoms with Gasteiger partial charge in [-0.25, -0.2) is 0 Å². The van der Waals surface area contributed by atoms with E-state index in [1.807, 2.05) is 24.3 Å². The van der Waals surface area contributed by atoms with Gasteiger partial charge in [-0.3, -0.25) is 0 Å². The zero-order chi connectivity index (χ0) is 8.93. The summed E-state index contributed by atoms with van der Waals surface area (Å²) in [5, 5.41) is 0. The van der Waals surface area contributed by atoms with Crippen molar-refractivity contribution in [3.8, 4) is 5.75 Å². The van der Waals surface area contributed by atoms with Gasteiger partial charge in [0.2, 0.25) is 0 Å². The van der Waals surface area contributed by atoms with E-state index in [1.165, 1.54) is 25.7 Å². The minimum absolute atomic E-state index is 0.862. The Balaban J connectivity index is 1.61. The van der Waals surface area contributed by atoms with Gasteiger partial charge in [0.15, 0.2) is 0 Å². The monoisotopic (exact) mass is 175 g/mol. The summed E-state index contributed by atoms with van der Waals surface area (Å²) >= 11 is 0. The molecule has 1 aliphatic rings. The Bertz CT molecular complexity index is 239. The molecule has 0 amide bonds. The molecule has 0 aliphatic heterocycles. The Morgan fingerprint density at radius 2 is 2.08 bits per heavy atom. The molecule has 2 rings (SSSR count). The fraction of sp³-hybridized carbons (Fsp3) is 0.500. The Labute approximate surface area is 79.7 Å². The van der Waals surface area contributed by atoms with E-state index in [4.69, 9.17) is 4.74 Å². The highest BCUT2D eigenvalue weighted by atomic mass is 16.5. The first-order chi connectivity index (χ1) is 6.45. The standard InChI is InChI=1S/C12H15O/c1-2-6-12(7-3-1)13-10-4-5-11-8-9-11/h2-3,6-7,11H,4-5,8-10H2. The van der Waals surface area contributed by atoms with Gasteiger partial charge in [0.1, 0.15) is 5.75 Å². The second kappa shape index (κ2) is 4.31. The van der Waals surface area contributed by atoms with Gasteiger partial charge in [-0.05, 0) is 37.0 Å². The van der Waals surface area contributed by atoms with Crippen molar-refractivity contribution in [2.45, 2.75) is 25.7 Å². The lowest BCUT2D eigenvalue weighted by atomic mass is 10.2. The van der Waals surface area contributed by atoms with Crippen LogP contribution in [0.2, 0.25) is 0 Å². The van der Waals surface area contributed by atoms with E-state index >= 15 is 0 Å². The average molecular weight is 175 g/mol. The van der Waals surface area contributed by atoms with E-state index in [0.717, 1.165) is 18.3 Å². The summed E-state index contributed by atoms with van der Waals surface area (Å²) in [5.74, 6) is 1.99. The molecule has 1 radical (unpaired) electrons. The van der Waals surface area contributed by atoms with Crippen LogP contribution < -0.4 is 4.74 Å². The molecule has 0 atom stereocenters. The highest BCUT2D eigenvalue weighted by Crippen LogP contribution is 2.33. The molecule has 13 heavy (non-hydrogen) atoms. The Morgan fingerprint density at radius 1 is 1.31 bits per heavy atom. The average Bonchev–Trinajstić information content (AvgIpc) is 2.98. The maximum absolute atomic E-state index is 5.56. The quantitative estimate of drug-likeness (QED) is 0.625. The molecule has 69 valence electrons. The van der Waals surface area contributed by atoms with Crippen LogP contribution in [0.3, 0.4) is 0 Å². The van der Waals surface area contributed by atoms with Crippen LogP contribution in [0.4, 0.5) is 0 Å². The topological polar surface area (TPSA) is 9.23 Å². The maximum Gasteiger partial charge on any atom is 0.119 e. The molecule has 0 heterocycles. The summed E-state index contributed by atoms with van der Waals surface area (Å²) in [5.41, 5.74) is 0. The largest absolute Gasteiger partial charge is 0.494 e. The molecule has 1 fully saturated rings. The molecule has 0 aromatic heterocycles. The van der Waals surface area contributed by atoms with Crippen molar-refractivity contribution in [3.63, 3.8) is 0 Å². The van der Waals surface area contributed by atoms with Crippen LogP contribution in [0, 0.1) is 12.0 Å². The third kappa shape index (κ3) is 3.10. The van der Waals surface area contributed by atoms with E-state index in [1.54, 1.807) is 0 Å². The van der Waals surface area contributed by atoms with Crippen molar-refractivity contribution in [3.05, 3.63) is 30.3 Å². The van der Waals surface area contributed by atoms with Gasteiger partial charge in [-0.1, -0.05) is 25.0 Å². The van der Waals surface area contributed by atoms with Crippen molar-refractivity contribution in [2.24, 2.45) is 5.92 Å². The second-order valence-corrected chi connectivity index (χ2v) is 3.67. The number of hydrogen-bond donors (Lipinski definition) is 0. The SMILES string of the molecule is [c]1ccc(OCCCC2CC2)cc1. The first-order valence-corrected chi connectivity index (χ1v) is 5.04. The van der Waals surface area contributed by atoms with Crippen molar-refractivity contribution in [2.75, 3.05) is 6.61 Å². The first-order valence-electron chi connectivity index (χ1n) is 5.04. The van der Waals surface area contributed by atoms with Gasteiger partial charge in [0.05, 0.1) is 6.61 Å². The van der Waals surface area contributed by atoms with E-state index in [9.17, 15) is 0 Å². The van der Waals surface area contributed by atoms with Crippen LogP contribution in [0.15, 0.2) is 24.3 Å². The van der Waals surface area contributed by atoms with E-state index in [-0.39, 0.29) is 0 Å².